The van der Waals surface area contributed by atoms with Gasteiger partial charge in [0.25, 0.3) is 0 Å². The van der Waals surface area contributed by atoms with Crippen molar-refractivity contribution in [3.05, 3.63) is 45.1 Å². The Morgan fingerprint density at radius 1 is 0.889 bits per heavy atom. The second-order valence-electron chi connectivity index (χ2n) is 8.66. The molecule has 0 saturated heterocycles. The van der Waals surface area contributed by atoms with Crippen LogP contribution in [0.3, 0.4) is 0 Å². The van der Waals surface area contributed by atoms with Gasteiger partial charge in [0.1, 0.15) is 11.8 Å². The molecule has 0 bridgehead atoms. The number of rotatable bonds is 11. The third-order valence-corrected chi connectivity index (χ3v) is 7.24. The first kappa shape index (κ1) is 32.4. The van der Waals surface area contributed by atoms with E-state index in [0.717, 1.165) is 39.4 Å². The number of para-hydroxylation sites is 1. The molecule has 0 N–H and O–H groups in total. The maximum Gasteiger partial charge on any atom is 0.242 e. The molecule has 0 spiro atoms. The van der Waals surface area contributed by atoms with E-state index in [2.05, 4.69) is 18.4 Å². The minimum atomic E-state index is -0.0878. The Kier molecular flexibility index (Phi) is 14.6. The number of thiophene rings is 1. The summed E-state index contributed by atoms with van der Waals surface area (Å²) in [7, 11) is 3.27. The summed E-state index contributed by atoms with van der Waals surface area (Å²) in [6.07, 6.45) is 0.878. The number of aryl methyl sites for hydroxylation is 4. The first-order valence-electron chi connectivity index (χ1n) is 12.0. The van der Waals surface area contributed by atoms with E-state index < -0.39 is 0 Å². The van der Waals surface area contributed by atoms with E-state index in [1.165, 1.54) is 0 Å². The molecule has 1 aromatic carbocycles. The number of carbonyl (C=O) groups excluding carboxylic acids is 2. The highest BCUT2D eigenvalue weighted by atomic mass is 35.5. The van der Waals surface area contributed by atoms with Crippen LogP contribution >= 0.6 is 34.5 Å². The first-order chi connectivity index (χ1) is 17.1. The largest absolute Gasteiger partial charge is 0.383 e. The summed E-state index contributed by atoms with van der Waals surface area (Å²) in [5, 5.41) is 2.05. The second-order valence-corrected chi connectivity index (χ2v) is 10.3. The van der Waals surface area contributed by atoms with Crippen molar-refractivity contribution < 1.29 is 19.1 Å². The van der Waals surface area contributed by atoms with Gasteiger partial charge in [-0.1, -0.05) is 25.1 Å². The molecule has 2 aromatic rings. The molecule has 1 heterocycles. The molecule has 0 aliphatic rings. The molecule has 0 aliphatic heterocycles. The number of halogens is 2. The molecule has 0 saturated carbocycles. The zero-order valence-electron chi connectivity index (χ0n) is 22.7. The Balaban J connectivity index is 0.000000362. The van der Waals surface area contributed by atoms with Gasteiger partial charge in [0, 0.05) is 19.1 Å². The Hall–Kier alpha value is -1.64. The lowest BCUT2D eigenvalue weighted by molar-refractivity contribution is -0.117. The molecule has 2 amide bonds. The molecule has 36 heavy (non-hydrogen) atoms. The molecule has 2 rings (SSSR count). The lowest BCUT2D eigenvalue weighted by Gasteiger charge is -2.31. The zero-order valence-corrected chi connectivity index (χ0v) is 25.0. The molecule has 9 heteroatoms. The highest BCUT2D eigenvalue weighted by Crippen LogP contribution is 2.32. The summed E-state index contributed by atoms with van der Waals surface area (Å²) in [6, 6.07) is 6.03. The Labute approximate surface area is 230 Å². The minimum Gasteiger partial charge on any atom is -0.383 e. The molecule has 2 atom stereocenters. The van der Waals surface area contributed by atoms with Crippen molar-refractivity contribution >= 4 is 57.7 Å². The van der Waals surface area contributed by atoms with Crippen molar-refractivity contribution in [2.75, 3.05) is 49.0 Å². The van der Waals surface area contributed by atoms with Crippen molar-refractivity contribution in [2.24, 2.45) is 0 Å². The van der Waals surface area contributed by atoms with Crippen LogP contribution in [0.4, 0.5) is 11.4 Å². The number of amides is 2. The van der Waals surface area contributed by atoms with E-state index >= 15 is 0 Å². The molecular weight excluding hydrogens is 519 g/mol. The van der Waals surface area contributed by atoms with Crippen LogP contribution in [0.25, 0.3) is 0 Å². The van der Waals surface area contributed by atoms with Gasteiger partial charge in [-0.25, -0.2) is 0 Å². The highest BCUT2D eigenvalue weighted by molar-refractivity contribution is 7.10. The maximum atomic E-state index is 12.2. The van der Waals surface area contributed by atoms with Crippen molar-refractivity contribution in [3.63, 3.8) is 0 Å². The molecular formula is C27H40Cl2N2O4S. The molecule has 0 fully saturated rings. The van der Waals surface area contributed by atoms with Crippen LogP contribution < -0.4 is 9.80 Å². The summed E-state index contributed by atoms with van der Waals surface area (Å²) in [5.74, 6) is -0.204. The Bertz CT molecular complexity index is 963. The molecule has 0 radical (unpaired) electrons. The van der Waals surface area contributed by atoms with E-state index in [4.69, 9.17) is 32.7 Å². The number of alkyl halides is 2. The van der Waals surface area contributed by atoms with Gasteiger partial charge in [-0.3, -0.25) is 9.59 Å². The SMILES string of the molecule is CCc1cccc(C)c1N(C(=O)CCl)C(C)COC.COCC(C)N(C(=O)CCl)c1c(C)csc1C. The number of benzene rings is 1. The van der Waals surface area contributed by atoms with Crippen LogP contribution in [0.1, 0.15) is 42.3 Å². The minimum absolute atomic E-state index is 0.0111. The Morgan fingerprint density at radius 2 is 1.39 bits per heavy atom. The number of methoxy groups -OCH3 is 2. The fourth-order valence-electron chi connectivity index (χ4n) is 4.22. The molecule has 202 valence electrons. The number of carbonyl (C=O) groups is 2. The van der Waals surface area contributed by atoms with E-state index in [0.29, 0.717) is 13.2 Å². The summed E-state index contributed by atoms with van der Waals surface area (Å²) in [6.45, 7) is 13.0. The summed E-state index contributed by atoms with van der Waals surface area (Å²) >= 11 is 13.1. The quantitative estimate of drug-likeness (QED) is 0.311. The summed E-state index contributed by atoms with van der Waals surface area (Å²) < 4.78 is 10.3. The van der Waals surface area contributed by atoms with Crippen molar-refractivity contribution in [1.29, 1.82) is 0 Å². The third-order valence-electron chi connectivity index (χ3n) is 5.77. The molecule has 1 aromatic heterocycles. The maximum absolute atomic E-state index is 12.2. The van der Waals surface area contributed by atoms with Crippen LogP contribution in [0.2, 0.25) is 0 Å². The van der Waals surface area contributed by atoms with E-state index in [1.807, 2.05) is 46.8 Å². The van der Waals surface area contributed by atoms with E-state index in [9.17, 15) is 9.59 Å². The highest BCUT2D eigenvalue weighted by Gasteiger charge is 2.26. The topological polar surface area (TPSA) is 59.1 Å². The van der Waals surface area contributed by atoms with Crippen LogP contribution in [0, 0.1) is 20.8 Å². The van der Waals surface area contributed by atoms with Gasteiger partial charge < -0.3 is 19.3 Å². The lowest BCUT2D eigenvalue weighted by atomic mass is 10.0. The number of hydrogen-bond donors (Lipinski definition) is 0. The number of hydrogen-bond acceptors (Lipinski definition) is 5. The smallest absolute Gasteiger partial charge is 0.242 e. The van der Waals surface area contributed by atoms with Gasteiger partial charge in [0.05, 0.1) is 36.7 Å². The molecule has 6 nitrogen and oxygen atoms in total. The van der Waals surface area contributed by atoms with E-state index in [-0.39, 0.29) is 35.7 Å². The number of nitrogens with zero attached hydrogens (tertiary/aromatic N) is 2. The van der Waals surface area contributed by atoms with Gasteiger partial charge in [0.15, 0.2) is 0 Å². The fourth-order valence-corrected chi connectivity index (χ4v) is 5.31. The number of ether oxygens (including phenoxy) is 2. The fraction of sp³-hybridized carbons (Fsp3) is 0.556. The standard InChI is InChI=1S/C15H22ClNO2.C12H18ClNO2S/c1-5-13-8-6-7-11(2)15(13)17(14(18)9-16)12(3)10-19-4;1-8-7-17-10(3)12(8)14(11(15)5-13)9(2)6-16-4/h6-8,12H,5,9-10H2,1-4H3;7,9H,5-6H2,1-4H3. The van der Waals surface area contributed by atoms with Gasteiger partial charge >= 0.3 is 0 Å². The van der Waals surface area contributed by atoms with Crippen molar-refractivity contribution in [3.8, 4) is 0 Å². The second kappa shape index (κ2) is 16.3. The average Bonchev–Trinajstić information content (AvgIpc) is 3.18. The average molecular weight is 560 g/mol. The predicted molar refractivity (Wildman–Crippen MR) is 153 cm³/mol. The van der Waals surface area contributed by atoms with E-state index in [1.54, 1.807) is 35.4 Å². The summed E-state index contributed by atoms with van der Waals surface area (Å²) in [4.78, 5) is 28.8. The monoisotopic (exact) mass is 558 g/mol. The van der Waals surface area contributed by atoms with Crippen molar-refractivity contribution in [2.45, 2.75) is 60.0 Å². The number of anilines is 2. The normalized spacial score (nSPS) is 12.4. The van der Waals surface area contributed by atoms with Crippen LogP contribution in [0.5, 0.6) is 0 Å². The predicted octanol–water partition coefficient (Wildman–Crippen LogP) is 6.14. The van der Waals surface area contributed by atoms with Crippen LogP contribution in [-0.4, -0.2) is 63.1 Å². The van der Waals surface area contributed by atoms with Gasteiger partial charge in [-0.05, 0) is 63.1 Å². The van der Waals surface area contributed by atoms with Gasteiger partial charge in [-0.2, -0.15) is 0 Å². The summed E-state index contributed by atoms with van der Waals surface area (Å²) in [5.41, 5.74) is 5.29. The van der Waals surface area contributed by atoms with Gasteiger partial charge in [-0.15, -0.1) is 34.5 Å². The van der Waals surface area contributed by atoms with Crippen molar-refractivity contribution in [1.82, 2.24) is 0 Å². The van der Waals surface area contributed by atoms with Crippen LogP contribution in [0.15, 0.2) is 23.6 Å². The van der Waals surface area contributed by atoms with Crippen LogP contribution in [-0.2, 0) is 25.5 Å². The lowest BCUT2D eigenvalue weighted by Crippen LogP contribution is -2.43. The Morgan fingerprint density at radius 3 is 1.78 bits per heavy atom. The molecule has 0 aliphatic carbocycles. The molecule has 2 unspecified atom stereocenters. The van der Waals surface area contributed by atoms with Gasteiger partial charge in [0.2, 0.25) is 11.8 Å². The first-order valence-corrected chi connectivity index (χ1v) is 13.9. The third kappa shape index (κ3) is 8.45. The zero-order chi connectivity index (χ0) is 27.4.